The zero-order valence-electron chi connectivity index (χ0n) is 9.06. The van der Waals surface area contributed by atoms with E-state index in [2.05, 4.69) is 0 Å². The van der Waals surface area contributed by atoms with Crippen LogP contribution in [0.4, 0.5) is 0 Å². The van der Waals surface area contributed by atoms with E-state index in [1.807, 2.05) is 12.2 Å². The van der Waals surface area contributed by atoms with Gasteiger partial charge in [0.2, 0.25) is 0 Å². The highest BCUT2D eigenvalue weighted by atomic mass is 16.5. The predicted octanol–water partition coefficient (Wildman–Crippen LogP) is 1.24. The average Bonchev–Trinajstić information content (AvgIpc) is 2.17. The Hall–Kier alpha value is -1.16. The summed E-state index contributed by atoms with van der Waals surface area (Å²) in [6, 6.07) is 0. The predicted molar refractivity (Wildman–Crippen MR) is 54.3 cm³/mol. The van der Waals surface area contributed by atoms with Crippen molar-refractivity contribution in [1.82, 2.24) is 0 Å². The van der Waals surface area contributed by atoms with E-state index in [1.54, 1.807) is 7.11 Å². The monoisotopic (exact) mass is 212 g/mol. The minimum absolute atomic E-state index is 0.118. The maximum atomic E-state index is 11.2. The Morgan fingerprint density at radius 1 is 1.27 bits per heavy atom. The summed E-state index contributed by atoms with van der Waals surface area (Å²) in [5.74, 6) is -0.623. The third-order valence-electron chi connectivity index (χ3n) is 2.25. The van der Waals surface area contributed by atoms with Gasteiger partial charge >= 0.3 is 5.97 Å². The Kier molecular flexibility index (Phi) is 4.49. The molecule has 0 aliphatic heterocycles. The molecule has 0 unspecified atom stereocenters. The lowest BCUT2D eigenvalue weighted by atomic mass is 10.0. The summed E-state index contributed by atoms with van der Waals surface area (Å²) in [4.78, 5) is 21.8. The molecule has 84 valence electrons. The van der Waals surface area contributed by atoms with Crippen LogP contribution in [0.3, 0.4) is 0 Å². The van der Waals surface area contributed by atoms with Crippen molar-refractivity contribution >= 4 is 11.8 Å². The van der Waals surface area contributed by atoms with Crippen LogP contribution in [0.25, 0.3) is 0 Å². The molecule has 4 heteroatoms. The minimum Gasteiger partial charge on any atom is -0.458 e. The maximum Gasteiger partial charge on any atom is 0.313 e. The van der Waals surface area contributed by atoms with Crippen LogP contribution in [0.5, 0.6) is 0 Å². The lowest BCUT2D eigenvalue weighted by Crippen LogP contribution is -2.23. The van der Waals surface area contributed by atoms with Crippen molar-refractivity contribution in [1.29, 1.82) is 0 Å². The molecule has 15 heavy (non-hydrogen) atoms. The molecule has 0 heterocycles. The van der Waals surface area contributed by atoms with E-state index in [0.717, 1.165) is 12.8 Å². The second-order valence-electron chi connectivity index (χ2n) is 3.64. The van der Waals surface area contributed by atoms with E-state index in [-0.39, 0.29) is 24.4 Å². The van der Waals surface area contributed by atoms with Gasteiger partial charge in [-0.1, -0.05) is 6.08 Å². The van der Waals surface area contributed by atoms with Crippen LogP contribution in [0, 0.1) is 0 Å². The third kappa shape index (κ3) is 4.25. The van der Waals surface area contributed by atoms with Crippen molar-refractivity contribution in [3.05, 3.63) is 12.2 Å². The highest BCUT2D eigenvalue weighted by Gasteiger charge is 2.18. The molecule has 0 spiro atoms. The molecule has 1 aliphatic rings. The molecule has 0 saturated carbocycles. The summed E-state index contributed by atoms with van der Waals surface area (Å²) < 4.78 is 10.2. The summed E-state index contributed by atoms with van der Waals surface area (Å²) in [7, 11) is 1.65. The molecule has 0 fully saturated rings. The first-order chi connectivity index (χ1) is 7.11. The van der Waals surface area contributed by atoms with Gasteiger partial charge in [0.1, 0.15) is 18.3 Å². The summed E-state index contributed by atoms with van der Waals surface area (Å²) in [5, 5.41) is 0. The second kappa shape index (κ2) is 5.66. The molecule has 0 aromatic heterocycles. The van der Waals surface area contributed by atoms with Crippen LogP contribution >= 0.6 is 0 Å². The molecule has 0 aromatic rings. The maximum absolute atomic E-state index is 11.2. The van der Waals surface area contributed by atoms with Crippen LogP contribution in [0.2, 0.25) is 0 Å². The lowest BCUT2D eigenvalue weighted by molar-refractivity contribution is -0.149. The van der Waals surface area contributed by atoms with Crippen molar-refractivity contribution in [2.75, 3.05) is 7.11 Å². The standard InChI is InChI=1S/C11H16O4/c1-8(12)7-11(13)15-10-5-3-9(14-2)4-6-10/h3,5,9-10H,4,6-7H2,1-2H3/t9-,10+/m0/s1. The van der Waals surface area contributed by atoms with Crippen molar-refractivity contribution < 1.29 is 19.1 Å². The number of ether oxygens (including phenoxy) is 2. The number of carbonyl (C=O) groups is 2. The van der Waals surface area contributed by atoms with Gasteiger partial charge in [0.05, 0.1) is 6.10 Å². The normalized spacial score (nSPS) is 24.9. The van der Waals surface area contributed by atoms with E-state index in [0.29, 0.717) is 0 Å². The van der Waals surface area contributed by atoms with Crippen molar-refractivity contribution in [3.8, 4) is 0 Å². The molecule has 0 amide bonds. The number of carbonyl (C=O) groups excluding carboxylic acids is 2. The summed E-state index contributed by atoms with van der Waals surface area (Å²) in [6.07, 6.45) is 5.06. The average molecular weight is 212 g/mol. The van der Waals surface area contributed by atoms with Gasteiger partial charge in [0.15, 0.2) is 0 Å². The van der Waals surface area contributed by atoms with Gasteiger partial charge in [0.25, 0.3) is 0 Å². The zero-order chi connectivity index (χ0) is 11.3. The zero-order valence-corrected chi connectivity index (χ0v) is 9.06. The minimum atomic E-state index is -0.451. The fourth-order valence-electron chi connectivity index (χ4n) is 1.48. The Labute approximate surface area is 89.2 Å². The van der Waals surface area contributed by atoms with Gasteiger partial charge in [0, 0.05) is 7.11 Å². The number of Topliss-reactive ketones (excluding diaryl/α,β-unsaturated/α-hetero) is 1. The van der Waals surface area contributed by atoms with Gasteiger partial charge in [-0.25, -0.2) is 0 Å². The first-order valence-electron chi connectivity index (χ1n) is 5.02. The van der Waals surface area contributed by atoms with Crippen molar-refractivity contribution in [3.63, 3.8) is 0 Å². The van der Waals surface area contributed by atoms with Gasteiger partial charge in [-0.05, 0) is 25.8 Å². The van der Waals surface area contributed by atoms with Crippen molar-refractivity contribution in [2.45, 2.75) is 38.4 Å². The number of hydrogen-bond acceptors (Lipinski definition) is 4. The smallest absolute Gasteiger partial charge is 0.313 e. The number of methoxy groups -OCH3 is 1. The van der Waals surface area contributed by atoms with Gasteiger partial charge in [-0.2, -0.15) is 0 Å². The van der Waals surface area contributed by atoms with Crippen LogP contribution in [-0.2, 0) is 19.1 Å². The summed E-state index contributed by atoms with van der Waals surface area (Å²) >= 11 is 0. The molecule has 0 aromatic carbocycles. The van der Waals surface area contributed by atoms with E-state index in [1.165, 1.54) is 6.92 Å². The molecule has 1 rings (SSSR count). The number of esters is 1. The van der Waals surface area contributed by atoms with Crippen LogP contribution in [0.1, 0.15) is 26.2 Å². The Morgan fingerprint density at radius 2 is 1.87 bits per heavy atom. The van der Waals surface area contributed by atoms with Crippen LogP contribution < -0.4 is 0 Å². The SMILES string of the molecule is CO[C@H]1C=C[C@@H](OC(=O)CC(C)=O)CC1. The van der Waals surface area contributed by atoms with Crippen LogP contribution in [0.15, 0.2) is 12.2 Å². The van der Waals surface area contributed by atoms with E-state index in [9.17, 15) is 9.59 Å². The van der Waals surface area contributed by atoms with E-state index < -0.39 is 5.97 Å². The van der Waals surface area contributed by atoms with Gasteiger partial charge in [-0.15, -0.1) is 0 Å². The topological polar surface area (TPSA) is 52.6 Å². The van der Waals surface area contributed by atoms with Gasteiger partial charge in [-0.3, -0.25) is 9.59 Å². The third-order valence-corrected chi connectivity index (χ3v) is 2.25. The van der Waals surface area contributed by atoms with E-state index >= 15 is 0 Å². The largest absolute Gasteiger partial charge is 0.458 e. The first kappa shape index (κ1) is 11.9. The molecule has 0 radical (unpaired) electrons. The van der Waals surface area contributed by atoms with Crippen molar-refractivity contribution in [2.24, 2.45) is 0 Å². The van der Waals surface area contributed by atoms with E-state index in [4.69, 9.17) is 9.47 Å². The Morgan fingerprint density at radius 3 is 2.33 bits per heavy atom. The lowest BCUT2D eigenvalue weighted by Gasteiger charge is -2.21. The Bertz CT molecular complexity index is 270. The number of hydrogen-bond donors (Lipinski definition) is 0. The quantitative estimate of drug-likeness (QED) is 0.399. The van der Waals surface area contributed by atoms with Crippen LogP contribution in [-0.4, -0.2) is 31.1 Å². The molecule has 0 saturated heterocycles. The summed E-state index contributed by atoms with van der Waals surface area (Å²) in [6.45, 7) is 1.37. The first-order valence-corrected chi connectivity index (χ1v) is 5.02. The molecular weight excluding hydrogens is 196 g/mol. The highest BCUT2D eigenvalue weighted by Crippen LogP contribution is 2.16. The fraction of sp³-hybridized carbons (Fsp3) is 0.636. The molecule has 4 nitrogen and oxygen atoms in total. The highest BCUT2D eigenvalue weighted by molar-refractivity contribution is 5.94. The fourth-order valence-corrected chi connectivity index (χ4v) is 1.48. The molecule has 2 atom stereocenters. The molecular formula is C11H16O4. The second-order valence-corrected chi connectivity index (χ2v) is 3.64. The Balaban J connectivity index is 2.34. The molecule has 1 aliphatic carbocycles. The number of rotatable bonds is 4. The number of ketones is 1. The summed E-state index contributed by atoms with van der Waals surface area (Å²) in [5.41, 5.74) is 0. The molecule has 0 N–H and O–H groups in total. The molecule has 0 bridgehead atoms. The van der Waals surface area contributed by atoms with Gasteiger partial charge < -0.3 is 9.47 Å².